The molecule has 0 amide bonds. The summed E-state index contributed by atoms with van der Waals surface area (Å²) in [6, 6.07) is 11.5. The zero-order valence-electron chi connectivity index (χ0n) is 16.8. The monoisotopic (exact) mass is 420 g/mol. The molecule has 0 bridgehead atoms. The van der Waals surface area contributed by atoms with Gasteiger partial charge in [0.15, 0.2) is 22.5 Å². The second-order valence-corrected chi connectivity index (χ2v) is 7.53. The van der Waals surface area contributed by atoms with Gasteiger partial charge in [0, 0.05) is 17.3 Å². The molecule has 0 aliphatic heterocycles. The van der Waals surface area contributed by atoms with Crippen LogP contribution in [0.5, 0.6) is 0 Å². The number of aromatic nitrogens is 4. The lowest BCUT2D eigenvalue weighted by Gasteiger charge is -2.14. The minimum atomic E-state index is -0.489. The summed E-state index contributed by atoms with van der Waals surface area (Å²) in [6.45, 7) is 5.93. The van der Waals surface area contributed by atoms with Gasteiger partial charge in [-0.1, -0.05) is 23.5 Å². The Labute approximate surface area is 177 Å². The topological polar surface area (TPSA) is 102 Å². The Morgan fingerprint density at radius 3 is 2.50 bits per heavy atom. The molecule has 0 saturated carbocycles. The van der Waals surface area contributed by atoms with Crippen LogP contribution in [0.1, 0.15) is 28.5 Å². The number of ether oxygens (including phenoxy) is 1. The Morgan fingerprint density at radius 2 is 1.77 bits per heavy atom. The van der Waals surface area contributed by atoms with Gasteiger partial charge in [-0.15, -0.1) is 10.2 Å². The van der Waals surface area contributed by atoms with Crippen LogP contribution in [0.25, 0.3) is 10.2 Å². The number of pyridine rings is 1. The smallest absolute Gasteiger partial charge is 0.359 e. The molecule has 0 fully saturated rings. The first-order chi connectivity index (χ1) is 14.6. The fourth-order valence-corrected chi connectivity index (χ4v) is 3.73. The van der Waals surface area contributed by atoms with Crippen molar-refractivity contribution in [3.05, 3.63) is 59.4 Å². The Kier molecular flexibility index (Phi) is 5.53. The van der Waals surface area contributed by atoms with Crippen molar-refractivity contribution in [2.75, 3.05) is 17.2 Å². The molecule has 0 aliphatic carbocycles. The number of nitrogens with zero attached hydrogens (tertiary/aromatic N) is 4. The first-order valence-electron chi connectivity index (χ1n) is 9.42. The van der Waals surface area contributed by atoms with Crippen LogP contribution < -0.4 is 10.6 Å². The molecule has 4 aromatic rings. The van der Waals surface area contributed by atoms with E-state index in [1.165, 1.54) is 0 Å². The molecular weight excluding hydrogens is 400 g/mol. The van der Waals surface area contributed by atoms with E-state index < -0.39 is 5.97 Å². The summed E-state index contributed by atoms with van der Waals surface area (Å²) in [5, 5.41) is 15.8. The van der Waals surface area contributed by atoms with E-state index in [0.717, 1.165) is 26.5 Å². The molecule has 1 aromatic carbocycles. The van der Waals surface area contributed by atoms with E-state index >= 15 is 0 Å². The molecule has 8 nitrogen and oxygen atoms in total. The molecule has 3 aromatic heterocycles. The van der Waals surface area contributed by atoms with Gasteiger partial charge in [0.25, 0.3) is 0 Å². The van der Waals surface area contributed by atoms with E-state index in [2.05, 4.69) is 30.8 Å². The number of anilines is 4. The third kappa shape index (κ3) is 3.92. The molecule has 0 radical (unpaired) electrons. The van der Waals surface area contributed by atoms with Crippen LogP contribution in [-0.2, 0) is 4.74 Å². The van der Waals surface area contributed by atoms with E-state index in [0.29, 0.717) is 17.3 Å². The van der Waals surface area contributed by atoms with E-state index in [-0.39, 0.29) is 12.3 Å². The van der Waals surface area contributed by atoms with E-state index in [9.17, 15) is 4.79 Å². The molecule has 30 heavy (non-hydrogen) atoms. The predicted octanol–water partition coefficient (Wildman–Crippen LogP) is 4.76. The van der Waals surface area contributed by atoms with Crippen molar-refractivity contribution in [2.24, 2.45) is 0 Å². The SMILES string of the molecule is CCOC(=O)c1ncccc1Nc1nnc(Nc2nc3ccccc3s2)c(C)c1C. The molecular formula is C21H20N6O2S. The van der Waals surface area contributed by atoms with Crippen LogP contribution in [0.2, 0.25) is 0 Å². The fraction of sp³-hybridized carbons (Fsp3) is 0.190. The molecule has 0 saturated heterocycles. The molecule has 0 atom stereocenters. The normalized spacial score (nSPS) is 10.8. The van der Waals surface area contributed by atoms with Crippen molar-refractivity contribution >= 4 is 50.0 Å². The summed E-state index contributed by atoms with van der Waals surface area (Å²) < 4.78 is 6.18. The number of esters is 1. The number of carbonyl (C=O) groups excluding carboxylic acids is 1. The third-order valence-electron chi connectivity index (χ3n) is 4.57. The molecule has 0 unspecified atom stereocenters. The van der Waals surface area contributed by atoms with Gasteiger partial charge in [-0.3, -0.25) is 0 Å². The van der Waals surface area contributed by atoms with Crippen molar-refractivity contribution in [3.63, 3.8) is 0 Å². The predicted molar refractivity (Wildman–Crippen MR) is 118 cm³/mol. The van der Waals surface area contributed by atoms with Crippen molar-refractivity contribution in [2.45, 2.75) is 20.8 Å². The van der Waals surface area contributed by atoms with Crippen molar-refractivity contribution in [1.82, 2.24) is 20.2 Å². The summed E-state index contributed by atoms with van der Waals surface area (Å²) in [6.07, 6.45) is 1.55. The van der Waals surface area contributed by atoms with Gasteiger partial charge in [-0.05, 0) is 45.0 Å². The van der Waals surface area contributed by atoms with Crippen LogP contribution in [0.4, 0.5) is 22.5 Å². The van der Waals surface area contributed by atoms with Gasteiger partial charge in [0.1, 0.15) is 0 Å². The average molecular weight is 420 g/mol. The first-order valence-corrected chi connectivity index (χ1v) is 10.2. The maximum Gasteiger partial charge on any atom is 0.359 e. The van der Waals surface area contributed by atoms with E-state index in [1.807, 2.05) is 38.1 Å². The molecule has 3 heterocycles. The Hall–Kier alpha value is -3.59. The second-order valence-electron chi connectivity index (χ2n) is 6.50. The lowest BCUT2D eigenvalue weighted by Crippen LogP contribution is -2.11. The van der Waals surface area contributed by atoms with Gasteiger partial charge in [-0.2, -0.15) is 0 Å². The number of hydrogen-bond donors (Lipinski definition) is 2. The number of thiazole rings is 1. The van der Waals surface area contributed by atoms with Gasteiger partial charge in [0.05, 0.1) is 22.5 Å². The number of para-hydroxylation sites is 1. The number of nitrogens with one attached hydrogen (secondary N) is 2. The van der Waals surface area contributed by atoms with Crippen LogP contribution >= 0.6 is 11.3 Å². The highest BCUT2D eigenvalue weighted by atomic mass is 32.1. The van der Waals surface area contributed by atoms with Gasteiger partial charge >= 0.3 is 5.97 Å². The highest BCUT2D eigenvalue weighted by Gasteiger charge is 2.17. The zero-order chi connectivity index (χ0) is 21.1. The highest BCUT2D eigenvalue weighted by molar-refractivity contribution is 7.22. The fourth-order valence-electron chi connectivity index (χ4n) is 2.87. The molecule has 4 rings (SSSR count). The second kappa shape index (κ2) is 8.42. The van der Waals surface area contributed by atoms with Gasteiger partial charge < -0.3 is 15.4 Å². The van der Waals surface area contributed by atoms with Crippen molar-refractivity contribution < 1.29 is 9.53 Å². The van der Waals surface area contributed by atoms with Crippen LogP contribution in [0.3, 0.4) is 0 Å². The maximum absolute atomic E-state index is 12.2. The molecule has 0 spiro atoms. The lowest BCUT2D eigenvalue weighted by molar-refractivity contribution is 0.0521. The summed E-state index contributed by atoms with van der Waals surface area (Å²) in [7, 11) is 0. The van der Waals surface area contributed by atoms with Crippen LogP contribution in [0.15, 0.2) is 42.6 Å². The van der Waals surface area contributed by atoms with Crippen molar-refractivity contribution in [1.29, 1.82) is 0 Å². The van der Waals surface area contributed by atoms with Gasteiger partial charge in [0.2, 0.25) is 0 Å². The quantitative estimate of drug-likeness (QED) is 0.430. The van der Waals surface area contributed by atoms with Crippen LogP contribution in [-0.4, -0.2) is 32.7 Å². The molecule has 0 aliphatic rings. The Bertz CT molecular complexity index is 1190. The minimum absolute atomic E-state index is 0.204. The number of fused-ring (bicyclic) bond motifs is 1. The number of hydrogen-bond acceptors (Lipinski definition) is 9. The maximum atomic E-state index is 12.2. The number of benzene rings is 1. The standard InChI is InChI=1S/C21H20N6O2S/c1-4-29-20(28)17-15(9-7-11-22-17)23-18-12(2)13(3)19(27-26-18)25-21-24-14-8-5-6-10-16(14)30-21/h5-11H,4H2,1-3H3,(H,23,26)(H,24,25,27). The largest absolute Gasteiger partial charge is 0.461 e. The molecule has 152 valence electrons. The van der Waals surface area contributed by atoms with E-state index in [4.69, 9.17) is 4.74 Å². The average Bonchev–Trinajstić information content (AvgIpc) is 3.16. The Morgan fingerprint density at radius 1 is 1.03 bits per heavy atom. The van der Waals surface area contributed by atoms with E-state index in [1.54, 1.807) is 36.6 Å². The first kappa shape index (κ1) is 19.7. The number of carbonyl (C=O) groups is 1. The molecule has 9 heteroatoms. The summed E-state index contributed by atoms with van der Waals surface area (Å²) in [5.74, 6) is 0.687. The summed E-state index contributed by atoms with van der Waals surface area (Å²) >= 11 is 1.56. The van der Waals surface area contributed by atoms with Crippen LogP contribution in [0, 0.1) is 13.8 Å². The zero-order valence-corrected chi connectivity index (χ0v) is 17.6. The molecule has 2 N–H and O–H groups in total. The number of rotatable bonds is 6. The minimum Gasteiger partial charge on any atom is -0.461 e. The highest BCUT2D eigenvalue weighted by Crippen LogP contribution is 2.30. The Balaban J connectivity index is 1.60. The summed E-state index contributed by atoms with van der Waals surface area (Å²) in [4.78, 5) is 20.9. The lowest BCUT2D eigenvalue weighted by atomic mass is 10.1. The van der Waals surface area contributed by atoms with Gasteiger partial charge in [-0.25, -0.2) is 14.8 Å². The third-order valence-corrected chi connectivity index (χ3v) is 5.52. The summed E-state index contributed by atoms with van der Waals surface area (Å²) in [5.41, 5.74) is 3.48. The van der Waals surface area contributed by atoms with Crippen molar-refractivity contribution in [3.8, 4) is 0 Å².